The fraction of sp³-hybridized carbons (Fsp3) is 0.333. The zero-order valence-electron chi connectivity index (χ0n) is 4.13. The fourth-order valence-corrected chi connectivity index (χ4v) is 0.339. The van der Waals surface area contributed by atoms with Gasteiger partial charge in [0.2, 0.25) is 0 Å². The van der Waals surface area contributed by atoms with Gasteiger partial charge >= 0.3 is 6.30 Å². The third-order valence-corrected chi connectivity index (χ3v) is 0.679. The summed E-state index contributed by atoms with van der Waals surface area (Å²) in [5.74, 6) is 0. The number of hydrogen-bond donors (Lipinski definition) is 0. The molecule has 0 atom stereocenters. The van der Waals surface area contributed by atoms with E-state index in [2.05, 4.69) is 10.1 Å². The molecule has 0 fully saturated rings. The van der Waals surface area contributed by atoms with Crippen molar-refractivity contribution in [2.75, 3.05) is 0 Å². The van der Waals surface area contributed by atoms with E-state index in [1.54, 1.807) is 0 Å². The normalized spacial score (nSPS) is 11.9. The summed E-state index contributed by atoms with van der Waals surface area (Å²) >= 11 is 0. The van der Waals surface area contributed by atoms with Gasteiger partial charge in [-0.1, -0.05) is 0 Å². The van der Waals surface area contributed by atoms with E-state index >= 15 is 0 Å². The molecule has 1 aromatic heterocycles. The molecular formula is C3H2F3N3. The van der Waals surface area contributed by atoms with Crippen molar-refractivity contribution in [1.29, 1.82) is 0 Å². The Bertz CT molecular complexity index is 177. The molecule has 1 heterocycles. The standard InChI is InChI=1S/C3H2F3N3/c4-3(5,6)9-2-7-1-8-9/h1-2H. The lowest BCUT2D eigenvalue weighted by Gasteiger charge is -2.01. The smallest absolute Gasteiger partial charge is 0.223 e. The number of halogens is 3. The number of nitrogens with zero attached hydrogens (tertiary/aromatic N) is 3. The van der Waals surface area contributed by atoms with Crippen molar-refractivity contribution < 1.29 is 13.2 Å². The summed E-state index contributed by atoms with van der Waals surface area (Å²) in [5.41, 5.74) is 0. The van der Waals surface area contributed by atoms with Crippen LogP contribution in [0, 0.1) is 0 Å². The van der Waals surface area contributed by atoms with Crippen LogP contribution in [0.4, 0.5) is 13.2 Å². The Kier molecular flexibility index (Phi) is 1.15. The van der Waals surface area contributed by atoms with Crippen LogP contribution in [-0.4, -0.2) is 14.8 Å². The van der Waals surface area contributed by atoms with Crippen LogP contribution in [0.1, 0.15) is 0 Å². The maximum atomic E-state index is 11.5. The topological polar surface area (TPSA) is 30.7 Å². The highest BCUT2D eigenvalue weighted by atomic mass is 19.4. The molecule has 1 aromatic rings. The Balaban J connectivity index is 2.90. The summed E-state index contributed by atoms with van der Waals surface area (Å²) in [6.07, 6.45) is -3.01. The molecule has 9 heavy (non-hydrogen) atoms. The molecule has 0 amide bonds. The summed E-state index contributed by atoms with van der Waals surface area (Å²) in [6.45, 7) is 0. The monoisotopic (exact) mass is 137 g/mol. The number of hydrogen-bond acceptors (Lipinski definition) is 2. The molecule has 50 valence electrons. The lowest BCUT2D eigenvalue weighted by molar-refractivity contribution is -0.212. The average molecular weight is 137 g/mol. The molecule has 0 spiro atoms. The summed E-state index contributed by atoms with van der Waals surface area (Å²) in [5, 5.41) is 2.87. The summed E-state index contributed by atoms with van der Waals surface area (Å²) in [7, 11) is 0. The van der Waals surface area contributed by atoms with Gasteiger partial charge in [-0.2, -0.15) is 9.78 Å². The van der Waals surface area contributed by atoms with Crippen LogP contribution in [-0.2, 0) is 6.30 Å². The maximum Gasteiger partial charge on any atom is 0.505 e. The maximum absolute atomic E-state index is 11.5. The van der Waals surface area contributed by atoms with Crippen molar-refractivity contribution in [3.05, 3.63) is 12.7 Å². The van der Waals surface area contributed by atoms with Gasteiger partial charge in [-0.25, -0.2) is 4.98 Å². The van der Waals surface area contributed by atoms with Crippen LogP contribution in [0.15, 0.2) is 12.7 Å². The lowest BCUT2D eigenvalue weighted by atomic mass is 11.1. The van der Waals surface area contributed by atoms with E-state index < -0.39 is 6.30 Å². The van der Waals surface area contributed by atoms with Crippen LogP contribution >= 0.6 is 0 Å². The third kappa shape index (κ3) is 1.18. The molecule has 0 N–H and O–H groups in total. The van der Waals surface area contributed by atoms with Crippen LogP contribution in [0.2, 0.25) is 0 Å². The van der Waals surface area contributed by atoms with Crippen LogP contribution in [0.3, 0.4) is 0 Å². The van der Waals surface area contributed by atoms with E-state index in [0.29, 0.717) is 6.33 Å². The first-order valence-corrected chi connectivity index (χ1v) is 2.02. The highest BCUT2D eigenvalue weighted by Gasteiger charge is 2.30. The minimum absolute atomic E-state index is 0.174. The van der Waals surface area contributed by atoms with E-state index in [0.717, 1.165) is 6.33 Å². The number of rotatable bonds is 0. The summed E-state index contributed by atoms with van der Waals surface area (Å²) in [4.78, 5) is 3.12. The van der Waals surface area contributed by atoms with Gasteiger partial charge in [0.15, 0.2) is 0 Å². The number of aromatic nitrogens is 3. The van der Waals surface area contributed by atoms with Gasteiger partial charge in [-0.15, -0.1) is 13.2 Å². The van der Waals surface area contributed by atoms with Gasteiger partial charge < -0.3 is 0 Å². The highest BCUT2D eigenvalue weighted by molar-refractivity contribution is 4.57. The molecule has 0 radical (unpaired) electrons. The van der Waals surface area contributed by atoms with Crippen LogP contribution < -0.4 is 0 Å². The molecule has 0 aliphatic rings. The minimum Gasteiger partial charge on any atom is -0.223 e. The first kappa shape index (κ1) is 6.06. The Hall–Kier alpha value is -1.07. The van der Waals surface area contributed by atoms with Gasteiger partial charge in [0.1, 0.15) is 12.7 Å². The largest absolute Gasteiger partial charge is 0.505 e. The fourth-order valence-electron chi connectivity index (χ4n) is 0.339. The third-order valence-electron chi connectivity index (χ3n) is 0.679. The molecule has 6 heteroatoms. The molecular weight excluding hydrogens is 135 g/mol. The van der Waals surface area contributed by atoms with Crippen molar-refractivity contribution >= 4 is 0 Å². The van der Waals surface area contributed by atoms with Crippen molar-refractivity contribution in [2.45, 2.75) is 6.30 Å². The van der Waals surface area contributed by atoms with Crippen molar-refractivity contribution in [2.24, 2.45) is 0 Å². The second kappa shape index (κ2) is 1.71. The second-order valence-corrected chi connectivity index (χ2v) is 1.31. The molecule has 3 nitrogen and oxygen atoms in total. The first-order valence-electron chi connectivity index (χ1n) is 2.02. The molecule has 0 saturated carbocycles. The molecule has 0 aromatic carbocycles. The molecule has 1 rings (SSSR count). The van der Waals surface area contributed by atoms with E-state index in [-0.39, 0.29) is 4.68 Å². The van der Waals surface area contributed by atoms with E-state index in [4.69, 9.17) is 0 Å². The molecule has 0 bridgehead atoms. The van der Waals surface area contributed by atoms with Gasteiger partial charge in [0.05, 0.1) is 0 Å². The first-order chi connectivity index (χ1) is 4.11. The van der Waals surface area contributed by atoms with Crippen molar-refractivity contribution in [3.8, 4) is 0 Å². The minimum atomic E-state index is -4.43. The molecule has 0 aliphatic heterocycles. The molecule has 0 unspecified atom stereocenters. The van der Waals surface area contributed by atoms with Gasteiger partial charge in [-0.3, -0.25) is 0 Å². The molecule has 0 aliphatic carbocycles. The van der Waals surface area contributed by atoms with Crippen molar-refractivity contribution in [1.82, 2.24) is 14.8 Å². The summed E-state index contributed by atoms with van der Waals surface area (Å²) < 4.78 is 34.3. The van der Waals surface area contributed by atoms with Crippen molar-refractivity contribution in [3.63, 3.8) is 0 Å². The molecule has 0 saturated heterocycles. The van der Waals surface area contributed by atoms with Gasteiger partial charge in [0.25, 0.3) is 0 Å². The van der Waals surface area contributed by atoms with E-state index in [1.807, 2.05) is 0 Å². The van der Waals surface area contributed by atoms with Crippen LogP contribution in [0.25, 0.3) is 0 Å². The Morgan fingerprint density at radius 3 is 2.22 bits per heavy atom. The van der Waals surface area contributed by atoms with Crippen LogP contribution in [0.5, 0.6) is 0 Å². The Morgan fingerprint density at radius 1 is 1.33 bits per heavy atom. The zero-order chi connectivity index (χ0) is 6.91. The second-order valence-electron chi connectivity index (χ2n) is 1.31. The SMILES string of the molecule is FC(F)(F)n1cncn1. The van der Waals surface area contributed by atoms with Gasteiger partial charge in [0, 0.05) is 0 Å². The predicted octanol–water partition coefficient (Wildman–Crippen LogP) is 0.754. The highest BCUT2D eigenvalue weighted by Crippen LogP contribution is 2.18. The quantitative estimate of drug-likeness (QED) is 0.528. The van der Waals surface area contributed by atoms with E-state index in [9.17, 15) is 13.2 Å². The number of alkyl halides is 3. The lowest BCUT2D eigenvalue weighted by Crippen LogP contribution is -2.16. The predicted molar refractivity (Wildman–Crippen MR) is 21.3 cm³/mol. The Morgan fingerprint density at radius 2 is 2.00 bits per heavy atom. The Labute approximate surface area is 48.1 Å². The van der Waals surface area contributed by atoms with Gasteiger partial charge in [-0.05, 0) is 0 Å². The van der Waals surface area contributed by atoms with E-state index in [1.165, 1.54) is 0 Å². The summed E-state index contributed by atoms with van der Waals surface area (Å²) in [6, 6.07) is 0. The zero-order valence-corrected chi connectivity index (χ0v) is 4.13. The average Bonchev–Trinajstić information content (AvgIpc) is 2.08.